The van der Waals surface area contributed by atoms with Gasteiger partial charge in [0, 0.05) is 11.5 Å². The van der Waals surface area contributed by atoms with Crippen LogP contribution in [-0.2, 0) is 0 Å². The summed E-state index contributed by atoms with van der Waals surface area (Å²) < 4.78 is 19.7. The minimum atomic E-state index is -0.293. The number of nitrogens with one attached hydrogen (secondary N) is 1. The Morgan fingerprint density at radius 3 is 2.78 bits per heavy atom. The molecule has 0 aliphatic rings. The fourth-order valence-corrected chi connectivity index (χ4v) is 2.47. The second-order valence-electron chi connectivity index (χ2n) is 4.35. The Balaban J connectivity index is 2.38. The van der Waals surface area contributed by atoms with Crippen LogP contribution in [0.5, 0.6) is 0 Å². The molecular weight excluding hydrogens is 297 g/mol. The number of furan rings is 1. The van der Waals surface area contributed by atoms with E-state index >= 15 is 0 Å². The predicted molar refractivity (Wildman–Crippen MR) is 75.2 cm³/mol. The first kappa shape index (κ1) is 13.6. The first-order valence-electron chi connectivity index (χ1n) is 6.27. The molecule has 2 nitrogen and oxygen atoms in total. The molecule has 0 spiro atoms. The molecule has 0 aliphatic carbocycles. The summed E-state index contributed by atoms with van der Waals surface area (Å²) in [7, 11) is 0. The van der Waals surface area contributed by atoms with E-state index < -0.39 is 0 Å². The standard InChI is InChI=1S/C14H17BrFNO/c1-3-5-12(17-4-2)14-7-9-6-10(15)11(16)8-13(9)18-14/h6-8,12,17H,3-5H2,1-2H3. The van der Waals surface area contributed by atoms with E-state index in [2.05, 4.69) is 35.1 Å². The molecule has 4 heteroatoms. The van der Waals surface area contributed by atoms with Crippen LogP contribution in [0.3, 0.4) is 0 Å². The van der Waals surface area contributed by atoms with Crippen molar-refractivity contribution in [3.63, 3.8) is 0 Å². The molecule has 0 aliphatic heterocycles. The summed E-state index contributed by atoms with van der Waals surface area (Å²) in [5, 5.41) is 4.32. The van der Waals surface area contributed by atoms with Gasteiger partial charge >= 0.3 is 0 Å². The molecule has 1 aromatic heterocycles. The first-order chi connectivity index (χ1) is 8.65. The van der Waals surface area contributed by atoms with Crippen molar-refractivity contribution in [3.8, 4) is 0 Å². The zero-order valence-corrected chi connectivity index (χ0v) is 12.2. The molecule has 0 radical (unpaired) electrons. The molecule has 2 aromatic rings. The molecule has 1 aromatic carbocycles. The molecule has 0 amide bonds. The van der Waals surface area contributed by atoms with E-state index in [1.165, 1.54) is 6.07 Å². The van der Waals surface area contributed by atoms with Gasteiger partial charge in [0.25, 0.3) is 0 Å². The summed E-state index contributed by atoms with van der Waals surface area (Å²) in [4.78, 5) is 0. The number of rotatable bonds is 5. The lowest BCUT2D eigenvalue weighted by molar-refractivity contribution is 0.414. The summed E-state index contributed by atoms with van der Waals surface area (Å²) in [6.07, 6.45) is 2.09. The fraction of sp³-hybridized carbons (Fsp3) is 0.429. The second kappa shape index (κ2) is 5.85. The Hall–Kier alpha value is -0.870. The molecule has 2 rings (SSSR count). The van der Waals surface area contributed by atoms with Crippen LogP contribution in [0.2, 0.25) is 0 Å². The average molecular weight is 314 g/mol. The van der Waals surface area contributed by atoms with E-state index in [0.29, 0.717) is 10.1 Å². The van der Waals surface area contributed by atoms with Crippen LogP contribution < -0.4 is 5.32 Å². The Morgan fingerprint density at radius 1 is 1.33 bits per heavy atom. The molecular formula is C14H17BrFNO. The van der Waals surface area contributed by atoms with Crippen LogP contribution in [-0.4, -0.2) is 6.54 Å². The smallest absolute Gasteiger partial charge is 0.141 e. The highest BCUT2D eigenvalue weighted by Gasteiger charge is 2.15. The average Bonchev–Trinajstić information content (AvgIpc) is 2.72. The third-order valence-electron chi connectivity index (χ3n) is 2.95. The van der Waals surface area contributed by atoms with Crippen molar-refractivity contribution < 1.29 is 8.81 Å². The van der Waals surface area contributed by atoms with Crippen LogP contribution >= 0.6 is 15.9 Å². The molecule has 1 unspecified atom stereocenters. The van der Waals surface area contributed by atoms with Crippen molar-refractivity contribution in [1.29, 1.82) is 0 Å². The topological polar surface area (TPSA) is 25.2 Å². The second-order valence-corrected chi connectivity index (χ2v) is 5.21. The Bertz CT molecular complexity index is 493. The number of halogens is 2. The van der Waals surface area contributed by atoms with Crippen molar-refractivity contribution in [2.45, 2.75) is 32.7 Å². The Morgan fingerprint density at radius 2 is 2.11 bits per heavy atom. The van der Waals surface area contributed by atoms with E-state index in [1.807, 2.05) is 6.07 Å². The molecule has 0 saturated heterocycles. The number of benzene rings is 1. The van der Waals surface area contributed by atoms with E-state index in [4.69, 9.17) is 4.42 Å². The lowest BCUT2D eigenvalue weighted by atomic mass is 10.1. The molecule has 0 bridgehead atoms. The van der Waals surface area contributed by atoms with Crippen molar-refractivity contribution in [1.82, 2.24) is 5.32 Å². The number of hydrogen-bond donors (Lipinski definition) is 1. The van der Waals surface area contributed by atoms with Gasteiger partial charge in [-0.1, -0.05) is 20.3 Å². The van der Waals surface area contributed by atoms with E-state index in [-0.39, 0.29) is 11.9 Å². The fourth-order valence-electron chi connectivity index (χ4n) is 2.11. The molecule has 1 atom stereocenters. The minimum Gasteiger partial charge on any atom is -0.459 e. The SMILES string of the molecule is CCCC(NCC)c1cc2cc(Br)c(F)cc2o1. The van der Waals surface area contributed by atoms with Gasteiger partial charge in [-0.2, -0.15) is 0 Å². The highest BCUT2D eigenvalue weighted by Crippen LogP contribution is 2.30. The third-order valence-corrected chi connectivity index (χ3v) is 3.56. The summed E-state index contributed by atoms with van der Waals surface area (Å²) in [6, 6.07) is 5.38. The van der Waals surface area contributed by atoms with Crippen LogP contribution in [0.15, 0.2) is 27.1 Å². The van der Waals surface area contributed by atoms with Crippen LogP contribution in [0.4, 0.5) is 4.39 Å². The summed E-state index contributed by atoms with van der Waals surface area (Å²) in [5.41, 5.74) is 0.602. The van der Waals surface area contributed by atoms with Crippen LogP contribution in [0, 0.1) is 5.82 Å². The monoisotopic (exact) mass is 313 g/mol. The summed E-state index contributed by atoms with van der Waals surface area (Å²) >= 11 is 3.19. The maximum absolute atomic E-state index is 13.4. The van der Waals surface area contributed by atoms with Crippen LogP contribution in [0.25, 0.3) is 11.0 Å². The first-order valence-corrected chi connectivity index (χ1v) is 7.06. The Labute approximate surface area is 115 Å². The Kier molecular flexibility index (Phi) is 4.40. The molecule has 98 valence electrons. The van der Waals surface area contributed by atoms with Gasteiger partial charge in [0.15, 0.2) is 0 Å². The highest BCUT2D eigenvalue weighted by atomic mass is 79.9. The minimum absolute atomic E-state index is 0.203. The van der Waals surface area contributed by atoms with Gasteiger partial charge in [-0.15, -0.1) is 0 Å². The van der Waals surface area contributed by atoms with Gasteiger partial charge in [0.1, 0.15) is 17.2 Å². The van der Waals surface area contributed by atoms with Crippen molar-refractivity contribution in [2.24, 2.45) is 0 Å². The maximum Gasteiger partial charge on any atom is 0.141 e. The van der Waals surface area contributed by atoms with Gasteiger partial charge < -0.3 is 9.73 Å². The summed E-state index contributed by atoms with van der Waals surface area (Å²) in [5.74, 6) is 0.588. The van der Waals surface area contributed by atoms with E-state index in [9.17, 15) is 4.39 Å². The molecule has 1 heterocycles. The normalized spacial score (nSPS) is 13.1. The molecule has 0 saturated carbocycles. The largest absolute Gasteiger partial charge is 0.459 e. The number of fused-ring (bicyclic) bond motifs is 1. The van der Waals surface area contributed by atoms with Crippen molar-refractivity contribution in [3.05, 3.63) is 34.2 Å². The van der Waals surface area contributed by atoms with Gasteiger partial charge in [0.05, 0.1) is 10.5 Å². The van der Waals surface area contributed by atoms with Gasteiger partial charge in [-0.05, 0) is 41.0 Å². The van der Waals surface area contributed by atoms with Crippen molar-refractivity contribution >= 4 is 26.9 Å². The lowest BCUT2D eigenvalue weighted by Gasteiger charge is -2.13. The van der Waals surface area contributed by atoms with E-state index in [0.717, 1.165) is 30.5 Å². The van der Waals surface area contributed by atoms with Gasteiger partial charge in [0.2, 0.25) is 0 Å². The zero-order chi connectivity index (χ0) is 13.1. The van der Waals surface area contributed by atoms with E-state index in [1.54, 1.807) is 6.07 Å². The summed E-state index contributed by atoms with van der Waals surface area (Å²) in [6.45, 7) is 5.10. The molecule has 0 fully saturated rings. The molecule has 18 heavy (non-hydrogen) atoms. The van der Waals surface area contributed by atoms with Gasteiger partial charge in [-0.3, -0.25) is 0 Å². The van der Waals surface area contributed by atoms with Crippen molar-refractivity contribution in [2.75, 3.05) is 6.54 Å². The zero-order valence-electron chi connectivity index (χ0n) is 10.6. The third kappa shape index (κ3) is 2.75. The number of hydrogen-bond acceptors (Lipinski definition) is 2. The predicted octanol–water partition coefficient (Wildman–Crippen LogP) is 4.79. The highest BCUT2D eigenvalue weighted by molar-refractivity contribution is 9.10. The quantitative estimate of drug-likeness (QED) is 0.859. The van der Waals surface area contributed by atoms with Gasteiger partial charge in [-0.25, -0.2) is 4.39 Å². The maximum atomic E-state index is 13.4. The van der Waals surface area contributed by atoms with Crippen LogP contribution in [0.1, 0.15) is 38.5 Å². The lowest BCUT2D eigenvalue weighted by Crippen LogP contribution is -2.20. The molecule has 1 N–H and O–H groups in total.